The summed E-state index contributed by atoms with van der Waals surface area (Å²) < 4.78 is 18.4. The maximum atomic E-state index is 13.0. The Morgan fingerprint density at radius 2 is 1.77 bits per heavy atom. The summed E-state index contributed by atoms with van der Waals surface area (Å²) in [6, 6.07) is 15.8. The smallest absolute Gasteiger partial charge is 0.355 e. The van der Waals surface area contributed by atoms with Gasteiger partial charge in [0.25, 0.3) is 5.91 Å². The molecule has 1 amide bonds. The first-order chi connectivity index (χ1) is 15.1. The quantitative estimate of drug-likeness (QED) is 0.351. The molecule has 0 unspecified atom stereocenters. The second-order valence-corrected chi connectivity index (χ2v) is 7.65. The Balaban J connectivity index is 1.36. The number of anilines is 1. The van der Waals surface area contributed by atoms with Crippen LogP contribution in [0.1, 0.15) is 30.6 Å². The second-order valence-electron chi connectivity index (χ2n) is 6.53. The number of halogens is 1. The molecule has 2 aromatic carbocycles. The van der Waals surface area contributed by atoms with Crippen LogP contribution in [0.5, 0.6) is 5.75 Å². The van der Waals surface area contributed by atoms with Gasteiger partial charge >= 0.3 is 5.97 Å². The van der Waals surface area contributed by atoms with E-state index >= 15 is 0 Å². The Morgan fingerprint density at radius 1 is 1.00 bits per heavy atom. The predicted octanol–water partition coefficient (Wildman–Crippen LogP) is 4.74. The third kappa shape index (κ3) is 5.37. The van der Waals surface area contributed by atoms with Crippen LogP contribution in [-0.2, 0) is 6.42 Å². The Bertz CT molecular complexity index is 1190. The van der Waals surface area contributed by atoms with Crippen molar-refractivity contribution < 1.29 is 18.7 Å². The highest BCUT2D eigenvalue weighted by Crippen LogP contribution is 2.20. The van der Waals surface area contributed by atoms with E-state index in [-0.39, 0.29) is 11.7 Å². The van der Waals surface area contributed by atoms with Gasteiger partial charge in [0.15, 0.2) is 0 Å². The van der Waals surface area contributed by atoms with Crippen molar-refractivity contribution in [3.63, 3.8) is 0 Å². The summed E-state index contributed by atoms with van der Waals surface area (Å²) in [5, 5.41) is 3.46. The van der Waals surface area contributed by atoms with Gasteiger partial charge < -0.3 is 10.1 Å². The fourth-order valence-corrected chi connectivity index (χ4v) is 3.56. The van der Waals surface area contributed by atoms with Crippen LogP contribution < -0.4 is 10.1 Å². The van der Waals surface area contributed by atoms with Gasteiger partial charge in [0, 0.05) is 18.2 Å². The Labute approximate surface area is 181 Å². The van der Waals surface area contributed by atoms with Gasteiger partial charge in [0.2, 0.25) is 0 Å². The molecule has 4 rings (SSSR count). The van der Waals surface area contributed by atoms with Crippen LogP contribution in [0.2, 0.25) is 0 Å². The molecule has 0 aliphatic heterocycles. The highest BCUT2D eigenvalue weighted by atomic mass is 32.1. The molecule has 0 saturated heterocycles. The molecule has 31 heavy (non-hydrogen) atoms. The number of thiazole rings is 1. The monoisotopic (exact) mass is 433 g/mol. The van der Waals surface area contributed by atoms with Crippen molar-refractivity contribution in [3.05, 3.63) is 106 Å². The van der Waals surface area contributed by atoms with E-state index in [0.29, 0.717) is 28.3 Å². The maximum Gasteiger partial charge on any atom is 0.355 e. The zero-order valence-corrected chi connectivity index (χ0v) is 16.9. The van der Waals surface area contributed by atoms with Crippen LogP contribution in [0.25, 0.3) is 0 Å². The molecule has 0 fully saturated rings. The molecule has 0 saturated carbocycles. The molecular formula is C23H16FN3O3S. The Kier molecular flexibility index (Phi) is 6.09. The van der Waals surface area contributed by atoms with Crippen molar-refractivity contribution >= 4 is 28.9 Å². The summed E-state index contributed by atoms with van der Waals surface area (Å²) in [5.74, 6) is -0.807. The molecule has 0 aliphatic carbocycles. The summed E-state index contributed by atoms with van der Waals surface area (Å²) in [5.41, 5.74) is 1.91. The first-order valence-corrected chi connectivity index (χ1v) is 10.1. The number of ether oxygens (including phenoxy) is 1. The molecule has 2 aromatic heterocycles. The number of nitrogens with zero attached hydrogens (tertiary/aromatic N) is 2. The topological polar surface area (TPSA) is 81.2 Å². The van der Waals surface area contributed by atoms with Crippen LogP contribution in [-0.4, -0.2) is 21.8 Å². The van der Waals surface area contributed by atoms with Crippen LogP contribution in [0.15, 0.2) is 79.3 Å². The Morgan fingerprint density at radius 3 is 2.48 bits per heavy atom. The van der Waals surface area contributed by atoms with Crippen molar-refractivity contribution in [1.82, 2.24) is 9.97 Å². The molecule has 0 bridgehead atoms. The lowest BCUT2D eigenvalue weighted by Gasteiger charge is -2.06. The van der Waals surface area contributed by atoms with Gasteiger partial charge in [-0.1, -0.05) is 12.1 Å². The van der Waals surface area contributed by atoms with Gasteiger partial charge in [-0.25, -0.2) is 14.2 Å². The van der Waals surface area contributed by atoms with Crippen molar-refractivity contribution in [2.75, 3.05) is 5.32 Å². The lowest BCUT2D eigenvalue weighted by atomic mass is 10.2. The molecule has 0 spiro atoms. The normalized spacial score (nSPS) is 10.5. The highest BCUT2D eigenvalue weighted by molar-refractivity contribution is 7.13. The average molecular weight is 433 g/mol. The number of rotatable bonds is 6. The SMILES string of the molecule is O=C(Nc1cccnc1)c1ccc(OC(=O)c2cnc(Cc3ccc(F)cc3)s2)cc1. The maximum absolute atomic E-state index is 13.0. The number of hydrogen-bond donors (Lipinski definition) is 1. The summed E-state index contributed by atoms with van der Waals surface area (Å²) in [6.45, 7) is 0. The molecule has 154 valence electrons. The number of hydrogen-bond acceptors (Lipinski definition) is 6. The first-order valence-electron chi connectivity index (χ1n) is 9.29. The molecular weight excluding hydrogens is 417 g/mol. The molecule has 2 heterocycles. The third-order valence-corrected chi connectivity index (χ3v) is 5.25. The van der Waals surface area contributed by atoms with E-state index in [0.717, 1.165) is 10.6 Å². The van der Waals surface area contributed by atoms with Crippen molar-refractivity contribution in [2.24, 2.45) is 0 Å². The van der Waals surface area contributed by atoms with Gasteiger partial charge in [0.1, 0.15) is 16.4 Å². The van der Waals surface area contributed by atoms with Gasteiger partial charge in [-0.2, -0.15) is 0 Å². The Hall–Kier alpha value is -3.91. The van der Waals surface area contributed by atoms with Crippen LogP contribution in [0.4, 0.5) is 10.1 Å². The third-order valence-electron chi connectivity index (χ3n) is 4.27. The zero-order valence-electron chi connectivity index (χ0n) is 16.1. The summed E-state index contributed by atoms with van der Waals surface area (Å²) in [7, 11) is 0. The number of aromatic nitrogens is 2. The molecule has 1 N–H and O–H groups in total. The van der Waals surface area contributed by atoms with Crippen LogP contribution in [0.3, 0.4) is 0 Å². The van der Waals surface area contributed by atoms with Crippen molar-refractivity contribution in [2.45, 2.75) is 6.42 Å². The van der Waals surface area contributed by atoms with Crippen LogP contribution >= 0.6 is 11.3 Å². The van der Waals surface area contributed by atoms with E-state index in [1.165, 1.54) is 29.7 Å². The average Bonchev–Trinajstić information content (AvgIpc) is 3.25. The lowest BCUT2D eigenvalue weighted by Crippen LogP contribution is -2.12. The number of benzene rings is 2. The fourth-order valence-electron chi connectivity index (χ4n) is 2.73. The minimum atomic E-state index is -0.532. The second kappa shape index (κ2) is 9.27. The van der Waals surface area contributed by atoms with Crippen molar-refractivity contribution in [3.8, 4) is 5.75 Å². The van der Waals surface area contributed by atoms with E-state index < -0.39 is 5.97 Å². The fraction of sp³-hybridized carbons (Fsp3) is 0.0435. The first kappa shape index (κ1) is 20.4. The molecule has 6 nitrogen and oxygen atoms in total. The van der Waals surface area contributed by atoms with E-state index in [4.69, 9.17) is 4.74 Å². The van der Waals surface area contributed by atoms with E-state index in [1.807, 2.05) is 0 Å². The minimum absolute atomic E-state index is 0.293. The number of carbonyl (C=O) groups is 2. The molecule has 0 atom stereocenters. The molecule has 0 aliphatic rings. The van der Waals surface area contributed by atoms with Gasteiger partial charge in [-0.15, -0.1) is 11.3 Å². The van der Waals surface area contributed by atoms with E-state index in [1.54, 1.807) is 60.9 Å². The lowest BCUT2D eigenvalue weighted by molar-refractivity contribution is 0.0739. The number of nitrogens with one attached hydrogen (secondary N) is 1. The van der Waals surface area contributed by atoms with E-state index in [2.05, 4.69) is 15.3 Å². The van der Waals surface area contributed by atoms with Gasteiger partial charge in [-0.05, 0) is 54.1 Å². The number of carbonyl (C=O) groups excluding carboxylic acids is 2. The van der Waals surface area contributed by atoms with E-state index in [9.17, 15) is 14.0 Å². The molecule has 0 radical (unpaired) electrons. The summed E-state index contributed by atoms with van der Waals surface area (Å²) in [4.78, 5) is 33.2. The summed E-state index contributed by atoms with van der Waals surface area (Å²) in [6.07, 6.45) is 5.13. The molecule has 4 aromatic rings. The summed E-state index contributed by atoms with van der Waals surface area (Å²) >= 11 is 1.22. The number of esters is 1. The number of amides is 1. The zero-order chi connectivity index (χ0) is 21.6. The highest BCUT2D eigenvalue weighted by Gasteiger charge is 2.14. The largest absolute Gasteiger partial charge is 0.422 e. The standard InChI is InChI=1S/C23H16FN3O3S/c24-17-7-3-15(4-8-17)12-21-26-14-20(31-21)23(29)30-19-9-5-16(6-10-19)22(28)27-18-2-1-11-25-13-18/h1-11,13-14H,12H2,(H,27,28). The van der Waals surface area contributed by atoms with Crippen molar-refractivity contribution in [1.29, 1.82) is 0 Å². The molecule has 8 heteroatoms. The predicted molar refractivity (Wildman–Crippen MR) is 115 cm³/mol. The van der Waals surface area contributed by atoms with Gasteiger partial charge in [0.05, 0.1) is 23.1 Å². The van der Waals surface area contributed by atoms with Crippen LogP contribution in [0, 0.1) is 5.82 Å². The number of pyridine rings is 1. The minimum Gasteiger partial charge on any atom is -0.422 e. The van der Waals surface area contributed by atoms with Gasteiger partial charge in [-0.3, -0.25) is 9.78 Å².